The van der Waals surface area contributed by atoms with E-state index < -0.39 is 0 Å². The Morgan fingerprint density at radius 2 is 1.83 bits per heavy atom. The molecule has 0 spiro atoms. The highest BCUT2D eigenvalue weighted by Crippen LogP contribution is 2.22. The van der Waals surface area contributed by atoms with Crippen molar-refractivity contribution in [2.75, 3.05) is 18.4 Å². The number of halogens is 2. The molecule has 0 bridgehead atoms. The summed E-state index contributed by atoms with van der Waals surface area (Å²) in [4.78, 5) is 13.8. The lowest BCUT2D eigenvalue weighted by Crippen LogP contribution is -2.35. The second-order valence-corrected chi connectivity index (χ2v) is 4.89. The summed E-state index contributed by atoms with van der Waals surface area (Å²) >= 11 is 11.8. The number of carbonyl (C=O) groups is 1. The highest BCUT2D eigenvalue weighted by atomic mass is 35.5. The standard InChI is InChI=1S/C13H18Cl2N2O/c1-3-5-6-17(4-2)13(18)16-12-8-10(14)7-11(15)9-12/h7-9H,3-6H2,1-2H3,(H,16,18). The van der Waals surface area contributed by atoms with Crippen LogP contribution in [0.25, 0.3) is 0 Å². The maximum Gasteiger partial charge on any atom is 0.321 e. The Labute approximate surface area is 118 Å². The number of carbonyl (C=O) groups excluding carboxylic acids is 1. The van der Waals surface area contributed by atoms with Crippen molar-refractivity contribution in [3.8, 4) is 0 Å². The molecule has 18 heavy (non-hydrogen) atoms. The maximum atomic E-state index is 12.0. The number of urea groups is 1. The Morgan fingerprint density at radius 3 is 2.33 bits per heavy atom. The molecule has 0 heterocycles. The molecule has 1 N–H and O–H groups in total. The van der Waals surface area contributed by atoms with Crippen LogP contribution in [0.15, 0.2) is 18.2 Å². The molecule has 0 fully saturated rings. The number of unbranched alkanes of at least 4 members (excludes halogenated alkanes) is 1. The number of amides is 2. The van der Waals surface area contributed by atoms with Crippen LogP contribution in [-0.2, 0) is 0 Å². The first-order valence-electron chi connectivity index (χ1n) is 6.08. The average Bonchev–Trinajstić information content (AvgIpc) is 2.28. The lowest BCUT2D eigenvalue weighted by molar-refractivity contribution is 0.213. The summed E-state index contributed by atoms with van der Waals surface area (Å²) in [5, 5.41) is 3.82. The number of anilines is 1. The molecule has 1 aromatic rings. The first-order chi connectivity index (χ1) is 8.56. The second-order valence-electron chi connectivity index (χ2n) is 4.02. The minimum atomic E-state index is -0.121. The Bertz CT molecular complexity index is 390. The molecule has 5 heteroatoms. The largest absolute Gasteiger partial charge is 0.325 e. The minimum absolute atomic E-state index is 0.121. The van der Waals surface area contributed by atoms with Gasteiger partial charge in [0.2, 0.25) is 0 Å². The molecular formula is C13H18Cl2N2O. The highest BCUT2D eigenvalue weighted by Gasteiger charge is 2.11. The molecule has 0 saturated carbocycles. The average molecular weight is 289 g/mol. The number of nitrogens with zero attached hydrogens (tertiary/aromatic N) is 1. The van der Waals surface area contributed by atoms with Crippen LogP contribution in [-0.4, -0.2) is 24.0 Å². The Morgan fingerprint density at radius 1 is 1.22 bits per heavy atom. The first-order valence-corrected chi connectivity index (χ1v) is 6.84. The third kappa shape index (κ3) is 4.75. The molecular weight excluding hydrogens is 271 g/mol. The van der Waals surface area contributed by atoms with Gasteiger partial charge >= 0.3 is 6.03 Å². The van der Waals surface area contributed by atoms with Gasteiger partial charge in [0.1, 0.15) is 0 Å². The third-order valence-corrected chi connectivity index (χ3v) is 3.00. The number of hydrogen-bond donors (Lipinski definition) is 1. The van der Waals surface area contributed by atoms with E-state index in [0.29, 0.717) is 22.3 Å². The van der Waals surface area contributed by atoms with Gasteiger partial charge < -0.3 is 10.2 Å². The van der Waals surface area contributed by atoms with E-state index in [0.717, 1.165) is 19.4 Å². The quantitative estimate of drug-likeness (QED) is 0.841. The molecule has 0 radical (unpaired) electrons. The fourth-order valence-corrected chi connectivity index (χ4v) is 2.11. The smallest absolute Gasteiger partial charge is 0.321 e. The summed E-state index contributed by atoms with van der Waals surface area (Å²) in [6.45, 7) is 5.50. The van der Waals surface area contributed by atoms with Crippen LogP contribution in [0.4, 0.5) is 10.5 Å². The molecule has 0 aliphatic carbocycles. The lowest BCUT2D eigenvalue weighted by Gasteiger charge is -2.21. The summed E-state index contributed by atoms with van der Waals surface area (Å²) in [7, 11) is 0. The van der Waals surface area contributed by atoms with E-state index in [1.165, 1.54) is 0 Å². The van der Waals surface area contributed by atoms with Crippen LogP contribution in [0, 0.1) is 0 Å². The van der Waals surface area contributed by atoms with Gasteiger partial charge in [0.15, 0.2) is 0 Å². The Balaban J connectivity index is 2.67. The molecule has 0 aliphatic heterocycles. The minimum Gasteiger partial charge on any atom is -0.325 e. The van der Waals surface area contributed by atoms with Crippen molar-refractivity contribution in [3.05, 3.63) is 28.2 Å². The topological polar surface area (TPSA) is 32.3 Å². The van der Waals surface area contributed by atoms with Crippen LogP contribution in [0.3, 0.4) is 0 Å². The molecule has 0 unspecified atom stereocenters. The van der Waals surface area contributed by atoms with Crippen LogP contribution in [0.1, 0.15) is 26.7 Å². The first kappa shape index (κ1) is 15.1. The van der Waals surface area contributed by atoms with E-state index in [4.69, 9.17) is 23.2 Å². The lowest BCUT2D eigenvalue weighted by atomic mass is 10.3. The Hall–Kier alpha value is -0.930. The van der Waals surface area contributed by atoms with Gasteiger partial charge in [-0.2, -0.15) is 0 Å². The van der Waals surface area contributed by atoms with Crippen LogP contribution in [0.2, 0.25) is 10.0 Å². The van der Waals surface area contributed by atoms with Gasteiger partial charge in [-0.05, 0) is 31.5 Å². The van der Waals surface area contributed by atoms with Gasteiger partial charge in [-0.25, -0.2) is 4.79 Å². The summed E-state index contributed by atoms with van der Waals surface area (Å²) in [5.41, 5.74) is 0.618. The van der Waals surface area contributed by atoms with Crippen LogP contribution in [0.5, 0.6) is 0 Å². The Kier molecular flexibility index (Phi) is 6.30. The van der Waals surface area contributed by atoms with Gasteiger partial charge in [0, 0.05) is 28.8 Å². The molecule has 100 valence electrons. The van der Waals surface area contributed by atoms with E-state index in [9.17, 15) is 4.79 Å². The zero-order valence-electron chi connectivity index (χ0n) is 10.7. The summed E-state index contributed by atoms with van der Waals surface area (Å²) in [6.07, 6.45) is 2.06. The fraction of sp³-hybridized carbons (Fsp3) is 0.462. The number of benzene rings is 1. The predicted molar refractivity (Wildman–Crippen MR) is 77.6 cm³/mol. The molecule has 2 amide bonds. The van der Waals surface area contributed by atoms with Crippen molar-refractivity contribution in [1.82, 2.24) is 4.90 Å². The van der Waals surface area contributed by atoms with Crippen LogP contribution < -0.4 is 5.32 Å². The molecule has 1 aromatic carbocycles. The highest BCUT2D eigenvalue weighted by molar-refractivity contribution is 6.35. The van der Waals surface area contributed by atoms with Crippen molar-refractivity contribution in [2.24, 2.45) is 0 Å². The van der Waals surface area contributed by atoms with Crippen molar-refractivity contribution >= 4 is 34.9 Å². The van der Waals surface area contributed by atoms with Gasteiger partial charge in [-0.15, -0.1) is 0 Å². The normalized spacial score (nSPS) is 10.2. The van der Waals surface area contributed by atoms with Gasteiger partial charge in [-0.3, -0.25) is 0 Å². The summed E-state index contributed by atoms with van der Waals surface area (Å²) in [6, 6.07) is 4.87. The number of nitrogens with one attached hydrogen (secondary N) is 1. The van der Waals surface area contributed by atoms with E-state index in [-0.39, 0.29) is 6.03 Å². The second kappa shape index (κ2) is 7.49. The van der Waals surface area contributed by atoms with Gasteiger partial charge in [-0.1, -0.05) is 36.5 Å². The summed E-state index contributed by atoms with van der Waals surface area (Å²) in [5.74, 6) is 0. The molecule has 0 atom stereocenters. The zero-order valence-corrected chi connectivity index (χ0v) is 12.2. The number of hydrogen-bond acceptors (Lipinski definition) is 1. The molecule has 0 saturated heterocycles. The SMILES string of the molecule is CCCCN(CC)C(=O)Nc1cc(Cl)cc(Cl)c1. The summed E-state index contributed by atoms with van der Waals surface area (Å²) < 4.78 is 0. The van der Waals surface area contributed by atoms with E-state index >= 15 is 0 Å². The van der Waals surface area contributed by atoms with Crippen molar-refractivity contribution < 1.29 is 4.79 Å². The molecule has 0 aliphatic rings. The monoisotopic (exact) mass is 288 g/mol. The molecule has 0 aromatic heterocycles. The van der Waals surface area contributed by atoms with Crippen molar-refractivity contribution in [2.45, 2.75) is 26.7 Å². The number of rotatable bonds is 5. The van der Waals surface area contributed by atoms with Crippen molar-refractivity contribution in [3.63, 3.8) is 0 Å². The van der Waals surface area contributed by atoms with E-state index in [1.807, 2.05) is 6.92 Å². The van der Waals surface area contributed by atoms with Crippen molar-refractivity contribution in [1.29, 1.82) is 0 Å². The maximum absolute atomic E-state index is 12.0. The molecule has 3 nitrogen and oxygen atoms in total. The van der Waals surface area contributed by atoms with Gasteiger partial charge in [0.25, 0.3) is 0 Å². The van der Waals surface area contributed by atoms with Gasteiger partial charge in [0.05, 0.1) is 0 Å². The predicted octanol–water partition coefficient (Wildman–Crippen LogP) is 4.65. The molecule has 1 rings (SSSR count). The third-order valence-electron chi connectivity index (χ3n) is 2.56. The van der Waals surface area contributed by atoms with Crippen LogP contribution >= 0.6 is 23.2 Å². The fourth-order valence-electron chi connectivity index (χ4n) is 1.58. The van der Waals surface area contributed by atoms with E-state index in [1.54, 1.807) is 23.1 Å². The zero-order chi connectivity index (χ0) is 13.5. The van der Waals surface area contributed by atoms with E-state index in [2.05, 4.69) is 12.2 Å².